The molecule has 0 spiro atoms. The molecule has 3 rings (SSSR count). The third-order valence-electron chi connectivity index (χ3n) is 3.10. The molecule has 21 heavy (non-hydrogen) atoms. The summed E-state index contributed by atoms with van der Waals surface area (Å²) in [5, 5.41) is 14.7. The van der Waals surface area contributed by atoms with E-state index in [1.165, 1.54) is 23.1 Å². The Bertz CT molecular complexity index is 656. The number of aromatic nitrogens is 2. The number of hydrogen-bond donors (Lipinski definition) is 0. The second-order valence-corrected chi connectivity index (χ2v) is 6.98. The molecule has 2 aromatic rings. The lowest BCUT2D eigenvalue weighted by molar-refractivity contribution is -0.130. The van der Waals surface area contributed by atoms with Crippen LogP contribution in [0.3, 0.4) is 0 Å². The van der Waals surface area contributed by atoms with Crippen molar-refractivity contribution in [3.05, 3.63) is 40.9 Å². The highest BCUT2D eigenvalue weighted by molar-refractivity contribution is 8.01. The lowest BCUT2D eigenvalue weighted by Gasteiger charge is -2.21. The third-order valence-corrected chi connectivity index (χ3v) is 5.05. The van der Waals surface area contributed by atoms with E-state index in [2.05, 4.69) is 15.3 Å². The van der Waals surface area contributed by atoms with E-state index in [4.69, 9.17) is 0 Å². The summed E-state index contributed by atoms with van der Waals surface area (Å²) in [6, 6.07) is 10.0. The van der Waals surface area contributed by atoms with E-state index in [9.17, 15) is 4.79 Å². The molecule has 0 fully saturated rings. The molecular formula is C14H14N4OS2. The summed E-state index contributed by atoms with van der Waals surface area (Å²) in [5.41, 5.74) is 1.11. The van der Waals surface area contributed by atoms with Crippen LogP contribution in [0.1, 0.15) is 23.0 Å². The fraction of sp³-hybridized carbons (Fsp3) is 0.286. The van der Waals surface area contributed by atoms with Crippen LogP contribution >= 0.6 is 23.1 Å². The molecule has 7 heteroatoms. The monoisotopic (exact) mass is 318 g/mol. The van der Waals surface area contributed by atoms with Gasteiger partial charge in [-0.3, -0.25) is 4.79 Å². The number of aryl methyl sites for hydroxylation is 1. The number of rotatable bonds is 4. The molecule has 1 aromatic heterocycles. The SMILES string of the molecule is Cc1nnc(SCC(=O)N2N=CC[C@@H]2c2ccccc2)s1. The summed E-state index contributed by atoms with van der Waals surface area (Å²) in [5.74, 6) is 0.324. The van der Waals surface area contributed by atoms with Crippen molar-refractivity contribution in [1.29, 1.82) is 0 Å². The van der Waals surface area contributed by atoms with Gasteiger partial charge in [-0.2, -0.15) is 5.10 Å². The fourth-order valence-electron chi connectivity index (χ4n) is 2.13. The molecule has 108 valence electrons. The largest absolute Gasteiger partial charge is 0.272 e. The molecule has 2 heterocycles. The molecule has 0 aliphatic carbocycles. The Balaban J connectivity index is 1.64. The van der Waals surface area contributed by atoms with Gasteiger partial charge in [0.1, 0.15) is 5.01 Å². The van der Waals surface area contributed by atoms with Crippen molar-refractivity contribution in [3.63, 3.8) is 0 Å². The van der Waals surface area contributed by atoms with Gasteiger partial charge in [-0.05, 0) is 12.5 Å². The van der Waals surface area contributed by atoms with Gasteiger partial charge in [0, 0.05) is 12.6 Å². The standard InChI is InChI=1S/C14H14N4OS2/c1-10-16-17-14(21-10)20-9-13(19)18-12(7-8-15-18)11-5-3-2-4-6-11/h2-6,8,12H,7,9H2,1H3/t12-/m1/s1. The van der Waals surface area contributed by atoms with Crippen molar-refractivity contribution in [3.8, 4) is 0 Å². The van der Waals surface area contributed by atoms with Gasteiger partial charge < -0.3 is 0 Å². The first-order valence-electron chi connectivity index (χ1n) is 6.56. The zero-order valence-corrected chi connectivity index (χ0v) is 13.1. The summed E-state index contributed by atoms with van der Waals surface area (Å²) in [6.45, 7) is 1.90. The van der Waals surface area contributed by atoms with E-state index < -0.39 is 0 Å². The maximum absolute atomic E-state index is 12.4. The van der Waals surface area contributed by atoms with Gasteiger partial charge in [-0.1, -0.05) is 53.4 Å². The average molecular weight is 318 g/mol. The molecule has 0 N–H and O–H groups in total. The normalized spacial score (nSPS) is 17.4. The number of thioether (sulfide) groups is 1. The quantitative estimate of drug-likeness (QED) is 0.813. The van der Waals surface area contributed by atoms with Gasteiger partial charge >= 0.3 is 0 Å². The maximum atomic E-state index is 12.4. The van der Waals surface area contributed by atoms with Gasteiger partial charge in [-0.25, -0.2) is 5.01 Å². The fourth-order valence-corrected chi connectivity index (χ4v) is 3.80. The highest BCUT2D eigenvalue weighted by Gasteiger charge is 2.28. The highest BCUT2D eigenvalue weighted by atomic mass is 32.2. The summed E-state index contributed by atoms with van der Waals surface area (Å²) >= 11 is 2.91. The van der Waals surface area contributed by atoms with E-state index in [1.54, 1.807) is 11.2 Å². The van der Waals surface area contributed by atoms with Gasteiger partial charge in [0.2, 0.25) is 0 Å². The van der Waals surface area contributed by atoms with Gasteiger partial charge in [0.05, 0.1) is 11.8 Å². The topological polar surface area (TPSA) is 58.5 Å². The molecule has 0 saturated carbocycles. The number of nitrogens with zero attached hydrogens (tertiary/aromatic N) is 4. The van der Waals surface area contributed by atoms with Crippen LogP contribution in [-0.4, -0.2) is 33.1 Å². The van der Waals surface area contributed by atoms with E-state index >= 15 is 0 Å². The van der Waals surface area contributed by atoms with Crippen LogP contribution in [-0.2, 0) is 4.79 Å². The smallest absolute Gasteiger partial charge is 0.253 e. The number of hydrogen-bond acceptors (Lipinski definition) is 6. The van der Waals surface area contributed by atoms with Crippen LogP contribution < -0.4 is 0 Å². The van der Waals surface area contributed by atoms with Crippen molar-refractivity contribution in [1.82, 2.24) is 15.2 Å². The van der Waals surface area contributed by atoms with Crippen molar-refractivity contribution in [2.45, 2.75) is 23.7 Å². The number of benzene rings is 1. The molecule has 5 nitrogen and oxygen atoms in total. The Morgan fingerprint density at radius 2 is 2.19 bits per heavy atom. The predicted octanol–water partition coefficient (Wildman–Crippen LogP) is 2.90. The molecular weight excluding hydrogens is 304 g/mol. The van der Waals surface area contributed by atoms with Gasteiger partial charge in [-0.15, -0.1) is 10.2 Å². The molecule has 1 aliphatic heterocycles. The maximum Gasteiger partial charge on any atom is 0.253 e. The Hall–Kier alpha value is -1.73. The van der Waals surface area contributed by atoms with Crippen LogP contribution in [0.4, 0.5) is 0 Å². The number of amides is 1. The van der Waals surface area contributed by atoms with Crippen molar-refractivity contribution in [2.75, 3.05) is 5.75 Å². The molecule has 1 aromatic carbocycles. The second kappa shape index (κ2) is 6.36. The van der Waals surface area contributed by atoms with Crippen molar-refractivity contribution >= 4 is 35.2 Å². The predicted molar refractivity (Wildman–Crippen MR) is 84.5 cm³/mol. The molecule has 1 atom stereocenters. The second-order valence-electron chi connectivity index (χ2n) is 4.57. The van der Waals surface area contributed by atoms with Crippen LogP contribution in [0.2, 0.25) is 0 Å². The Labute approximate surface area is 131 Å². The van der Waals surface area contributed by atoms with Gasteiger partial charge in [0.25, 0.3) is 5.91 Å². The van der Waals surface area contributed by atoms with Crippen LogP contribution in [0.5, 0.6) is 0 Å². The van der Waals surface area contributed by atoms with Crippen LogP contribution in [0.15, 0.2) is 39.8 Å². The third kappa shape index (κ3) is 3.30. The number of carbonyl (C=O) groups is 1. The number of carbonyl (C=O) groups excluding carboxylic acids is 1. The van der Waals surface area contributed by atoms with Crippen molar-refractivity contribution in [2.24, 2.45) is 5.10 Å². The van der Waals surface area contributed by atoms with E-state index in [-0.39, 0.29) is 11.9 Å². The summed E-state index contributed by atoms with van der Waals surface area (Å²) < 4.78 is 0.820. The molecule has 1 amide bonds. The summed E-state index contributed by atoms with van der Waals surface area (Å²) in [4.78, 5) is 12.4. The van der Waals surface area contributed by atoms with Crippen molar-refractivity contribution < 1.29 is 4.79 Å². The first kappa shape index (κ1) is 14.2. The zero-order chi connectivity index (χ0) is 14.7. The first-order valence-corrected chi connectivity index (χ1v) is 8.36. The minimum atomic E-state index is -0.00421. The molecule has 1 aliphatic rings. The minimum Gasteiger partial charge on any atom is -0.272 e. The van der Waals surface area contributed by atoms with Gasteiger partial charge in [0.15, 0.2) is 4.34 Å². The summed E-state index contributed by atoms with van der Waals surface area (Å²) in [6.07, 6.45) is 2.56. The number of hydrazone groups is 1. The zero-order valence-electron chi connectivity index (χ0n) is 11.5. The molecule has 0 bridgehead atoms. The molecule has 0 radical (unpaired) electrons. The molecule has 0 saturated heterocycles. The van der Waals surface area contributed by atoms with Crippen LogP contribution in [0, 0.1) is 6.92 Å². The van der Waals surface area contributed by atoms with E-state index in [1.807, 2.05) is 37.3 Å². The highest BCUT2D eigenvalue weighted by Crippen LogP contribution is 2.29. The first-order chi connectivity index (χ1) is 10.2. The minimum absolute atomic E-state index is 0.00421. The lowest BCUT2D eigenvalue weighted by Crippen LogP contribution is -2.28. The molecule has 0 unspecified atom stereocenters. The summed E-state index contributed by atoms with van der Waals surface area (Å²) in [7, 11) is 0. The Morgan fingerprint density at radius 1 is 1.38 bits per heavy atom. The van der Waals surface area contributed by atoms with E-state index in [0.29, 0.717) is 5.75 Å². The Kier molecular flexibility index (Phi) is 4.31. The lowest BCUT2D eigenvalue weighted by atomic mass is 10.0. The average Bonchev–Trinajstić information content (AvgIpc) is 3.14. The van der Waals surface area contributed by atoms with E-state index in [0.717, 1.165) is 21.3 Å². The van der Waals surface area contributed by atoms with Crippen LogP contribution in [0.25, 0.3) is 0 Å². The Morgan fingerprint density at radius 3 is 2.90 bits per heavy atom.